The topological polar surface area (TPSA) is 18.8 Å². The Balaban J connectivity index is 1.55. The number of rotatable bonds is 5. The molecule has 0 amide bonds. The van der Waals surface area contributed by atoms with E-state index >= 15 is 0 Å². The predicted molar refractivity (Wildman–Crippen MR) is 104 cm³/mol. The number of piperazine rings is 1. The Labute approximate surface area is 144 Å². The van der Waals surface area contributed by atoms with E-state index in [0.717, 1.165) is 38.4 Å². The number of aliphatic imine (C=N–C) groups is 1. The van der Waals surface area contributed by atoms with Crippen LogP contribution in [0, 0.1) is 0 Å². The third-order valence-electron chi connectivity index (χ3n) is 4.43. The molecule has 0 saturated carbocycles. The lowest BCUT2D eigenvalue weighted by Gasteiger charge is -2.35. The van der Waals surface area contributed by atoms with Gasteiger partial charge >= 0.3 is 0 Å². The molecule has 1 heterocycles. The van der Waals surface area contributed by atoms with Gasteiger partial charge in [0.25, 0.3) is 0 Å². The second-order valence-corrected chi connectivity index (χ2v) is 5.99. The van der Waals surface area contributed by atoms with E-state index in [2.05, 4.69) is 64.2 Å². The maximum atomic E-state index is 4.49. The average molecular weight is 319 g/mol. The molecule has 124 valence electrons. The first-order valence-corrected chi connectivity index (χ1v) is 8.68. The molecule has 1 aliphatic heterocycles. The molecule has 3 nitrogen and oxygen atoms in total. The van der Waals surface area contributed by atoms with Crippen LogP contribution in [-0.2, 0) is 0 Å². The number of nitrogens with zero attached hydrogens (tertiary/aromatic N) is 3. The normalized spacial score (nSPS) is 16.3. The van der Waals surface area contributed by atoms with Gasteiger partial charge in [0.15, 0.2) is 0 Å². The van der Waals surface area contributed by atoms with Gasteiger partial charge in [0.05, 0.1) is 5.69 Å². The van der Waals surface area contributed by atoms with Crippen molar-refractivity contribution in [2.45, 2.75) is 6.92 Å². The fraction of sp³-hybridized carbons (Fsp3) is 0.286. The quantitative estimate of drug-likeness (QED) is 0.768. The van der Waals surface area contributed by atoms with Gasteiger partial charge in [-0.05, 0) is 42.4 Å². The van der Waals surface area contributed by atoms with Crippen LogP contribution < -0.4 is 4.90 Å². The van der Waals surface area contributed by atoms with E-state index in [-0.39, 0.29) is 0 Å². The van der Waals surface area contributed by atoms with Crippen LogP contribution in [0.2, 0.25) is 0 Å². The van der Waals surface area contributed by atoms with Crippen molar-refractivity contribution in [3.05, 3.63) is 66.2 Å². The van der Waals surface area contributed by atoms with E-state index in [4.69, 9.17) is 0 Å². The number of hydrogen-bond donors (Lipinski definition) is 0. The zero-order valence-electron chi connectivity index (χ0n) is 14.3. The van der Waals surface area contributed by atoms with E-state index < -0.39 is 0 Å². The second-order valence-electron chi connectivity index (χ2n) is 5.99. The summed E-state index contributed by atoms with van der Waals surface area (Å²) in [6.07, 6.45) is 5.89. The molecule has 0 spiro atoms. The van der Waals surface area contributed by atoms with Gasteiger partial charge in [0.1, 0.15) is 0 Å². The molecule has 1 fully saturated rings. The second kappa shape index (κ2) is 8.46. The maximum Gasteiger partial charge on any atom is 0.0631 e. The lowest BCUT2D eigenvalue weighted by molar-refractivity contribution is 0.271. The Kier molecular flexibility index (Phi) is 5.80. The van der Waals surface area contributed by atoms with Crippen molar-refractivity contribution in [1.29, 1.82) is 0 Å². The molecule has 0 radical (unpaired) electrons. The fourth-order valence-electron chi connectivity index (χ4n) is 2.92. The molecule has 2 aromatic rings. The molecular weight excluding hydrogens is 294 g/mol. The van der Waals surface area contributed by atoms with Gasteiger partial charge in [-0.2, -0.15) is 0 Å². The van der Waals surface area contributed by atoms with Crippen molar-refractivity contribution in [3.8, 4) is 0 Å². The fourth-order valence-corrected chi connectivity index (χ4v) is 2.92. The molecule has 0 aliphatic carbocycles. The minimum absolute atomic E-state index is 0.989. The molecule has 0 unspecified atom stereocenters. The molecule has 3 heteroatoms. The molecule has 24 heavy (non-hydrogen) atoms. The number of anilines is 1. The molecule has 0 N–H and O–H groups in total. The minimum Gasteiger partial charge on any atom is -0.369 e. The average Bonchev–Trinajstić information content (AvgIpc) is 2.67. The van der Waals surface area contributed by atoms with E-state index in [1.165, 1.54) is 11.3 Å². The summed E-state index contributed by atoms with van der Waals surface area (Å²) >= 11 is 0. The van der Waals surface area contributed by atoms with Gasteiger partial charge in [-0.25, -0.2) is 0 Å². The minimum atomic E-state index is 0.989. The van der Waals surface area contributed by atoms with Crippen LogP contribution >= 0.6 is 0 Å². The molecule has 1 aliphatic rings. The van der Waals surface area contributed by atoms with Crippen LogP contribution in [0.5, 0.6) is 0 Å². The molecule has 0 atom stereocenters. The summed E-state index contributed by atoms with van der Waals surface area (Å²) in [5, 5.41) is 0. The Morgan fingerprint density at radius 1 is 0.917 bits per heavy atom. The van der Waals surface area contributed by atoms with Crippen molar-refractivity contribution >= 4 is 23.7 Å². The Morgan fingerprint density at radius 3 is 2.29 bits per heavy atom. The first-order valence-electron chi connectivity index (χ1n) is 8.68. The van der Waals surface area contributed by atoms with Gasteiger partial charge in [-0.3, -0.25) is 4.99 Å². The van der Waals surface area contributed by atoms with Crippen molar-refractivity contribution < 1.29 is 0 Å². The summed E-state index contributed by atoms with van der Waals surface area (Å²) < 4.78 is 0. The number of likely N-dealkylation sites (N-methyl/N-ethyl adjacent to an activating group) is 1. The van der Waals surface area contributed by atoms with E-state index in [1.54, 1.807) is 0 Å². The van der Waals surface area contributed by atoms with Crippen LogP contribution in [0.4, 0.5) is 11.4 Å². The summed E-state index contributed by atoms with van der Waals surface area (Å²) in [6, 6.07) is 18.8. The predicted octanol–water partition coefficient (Wildman–Crippen LogP) is 4.24. The highest BCUT2D eigenvalue weighted by Crippen LogP contribution is 2.20. The molecule has 1 saturated heterocycles. The molecule has 3 rings (SSSR count). The highest BCUT2D eigenvalue weighted by Gasteiger charge is 2.15. The molecular formula is C21H25N3. The van der Waals surface area contributed by atoms with E-state index in [1.807, 2.05) is 30.5 Å². The maximum absolute atomic E-state index is 4.49. The summed E-state index contributed by atoms with van der Waals surface area (Å²) in [7, 11) is 0. The highest BCUT2D eigenvalue weighted by atomic mass is 15.3. The van der Waals surface area contributed by atoms with Crippen LogP contribution in [-0.4, -0.2) is 43.8 Å². The van der Waals surface area contributed by atoms with Crippen molar-refractivity contribution in [2.75, 3.05) is 37.6 Å². The molecule has 0 bridgehead atoms. The third kappa shape index (κ3) is 4.56. The van der Waals surface area contributed by atoms with Gasteiger partial charge in [-0.1, -0.05) is 43.3 Å². The Hall–Kier alpha value is -2.39. The first kappa shape index (κ1) is 16.5. The van der Waals surface area contributed by atoms with Crippen molar-refractivity contribution in [2.24, 2.45) is 4.99 Å². The largest absolute Gasteiger partial charge is 0.369 e. The van der Waals surface area contributed by atoms with Gasteiger partial charge in [0, 0.05) is 38.1 Å². The van der Waals surface area contributed by atoms with E-state index in [9.17, 15) is 0 Å². The number of benzene rings is 2. The first-order chi connectivity index (χ1) is 11.8. The van der Waals surface area contributed by atoms with Crippen LogP contribution in [0.1, 0.15) is 12.5 Å². The van der Waals surface area contributed by atoms with Crippen LogP contribution in [0.3, 0.4) is 0 Å². The third-order valence-corrected chi connectivity index (χ3v) is 4.43. The standard InChI is InChI=1S/C21H25N3/c1-2-23-15-17-24(18-16-23)21-12-10-20(11-13-21)22-14-6-9-19-7-4-3-5-8-19/h3-14H,2,15-18H2,1H3/b9-6+,22-14?. The number of hydrogen-bond acceptors (Lipinski definition) is 3. The summed E-state index contributed by atoms with van der Waals surface area (Å²) in [5.74, 6) is 0. The summed E-state index contributed by atoms with van der Waals surface area (Å²) in [5.41, 5.74) is 3.47. The SMILES string of the molecule is CCN1CCN(c2ccc(N=C/C=C/c3ccccc3)cc2)CC1. The van der Waals surface area contributed by atoms with Gasteiger partial charge in [0.2, 0.25) is 0 Å². The number of allylic oxidation sites excluding steroid dienone is 1. The highest BCUT2D eigenvalue weighted by molar-refractivity contribution is 5.80. The molecule has 2 aromatic carbocycles. The van der Waals surface area contributed by atoms with Gasteiger partial charge in [-0.15, -0.1) is 0 Å². The van der Waals surface area contributed by atoms with Crippen LogP contribution in [0.25, 0.3) is 6.08 Å². The van der Waals surface area contributed by atoms with Gasteiger partial charge < -0.3 is 9.80 Å². The van der Waals surface area contributed by atoms with Crippen molar-refractivity contribution in [3.63, 3.8) is 0 Å². The smallest absolute Gasteiger partial charge is 0.0631 e. The lowest BCUT2D eigenvalue weighted by atomic mass is 10.2. The van der Waals surface area contributed by atoms with Crippen molar-refractivity contribution in [1.82, 2.24) is 4.90 Å². The zero-order valence-corrected chi connectivity index (χ0v) is 14.3. The summed E-state index contributed by atoms with van der Waals surface area (Å²) in [4.78, 5) is 9.44. The lowest BCUT2D eigenvalue weighted by Crippen LogP contribution is -2.46. The zero-order chi connectivity index (χ0) is 16.6. The monoisotopic (exact) mass is 319 g/mol. The summed E-state index contributed by atoms with van der Waals surface area (Å²) in [6.45, 7) is 7.90. The Morgan fingerprint density at radius 2 is 1.62 bits per heavy atom. The Bertz CT molecular complexity index is 666. The van der Waals surface area contributed by atoms with E-state index in [0.29, 0.717) is 0 Å². The van der Waals surface area contributed by atoms with Crippen LogP contribution in [0.15, 0.2) is 65.7 Å². The molecule has 0 aromatic heterocycles.